The van der Waals surface area contributed by atoms with Crippen LogP contribution in [0, 0.1) is 11.8 Å². The van der Waals surface area contributed by atoms with Crippen LogP contribution in [0.2, 0.25) is 0 Å². The maximum absolute atomic E-state index is 12.7. The van der Waals surface area contributed by atoms with Crippen molar-refractivity contribution < 1.29 is 38.3 Å². The number of ether oxygens (including phenoxy) is 6. The maximum Gasteiger partial charge on any atom is 0.310 e. The second kappa shape index (κ2) is 6.90. The fourth-order valence-corrected chi connectivity index (χ4v) is 4.89. The standard InChI is InChI=1S/C22H22O8/c1-25-14-5-10(6-15(26-2)19(14)23)17-12-7-16-21(30-9-29-16)20(27-3)13(12)4-11-8-28-22(24)18(11)17/h5-7,11,17-18,23H,4,8-9H2,1-3H3/t11-,17+,18-/m0/s1. The van der Waals surface area contributed by atoms with Crippen molar-refractivity contribution in [3.8, 4) is 34.5 Å². The number of benzene rings is 2. The molecular formula is C22H22O8. The van der Waals surface area contributed by atoms with Crippen LogP contribution in [0.25, 0.3) is 0 Å². The second-order valence-electron chi connectivity index (χ2n) is 7.58. The third kappa shape index (κ3) is 2.56. The van der Waals surface area contributed by atoms with Crippen molar-refractivity contribution in [1.82, 2.24) is 0 Å². The Morgan fingerprint density at radius 1 is 1.00 bits per heavy atom. The number of aromatic hydroxyl groups is 1. The van der Waals surface area contributed by atoms with Crippen LogP contribution in [-0.2, 0) is 16.0 Å². The van der Waals surface area contributed by atoms with Gasteiger partial charge in [-0.25, -0.2) is 0 Å². The minimum atomic E-state index is -0.374. The predicted octanol–water partition coefficient (Wildman–Crippen LogP) is 2.62. The lowest BCUT2D eigenvalue weighted by Gasteiger charge is -2.34. The number of rotatable bonds is 4. The maximum atomic E-state index is 12.7. The van der Waals surface area contributed by atoms with Crippen LogP contribution in [0.1, 0.15) is 22.6 Å². The van der Waals surface area contributed by atoms with Gasteiger partial charge in [0.05, 0.1) is 33.9 Å². The smallest absolute Gasteiger partial charge is 0.310 e. The van der Waals surface area contributed by atoms with Crippen LogP contribution in [0.15, 0.2) is 18.2 Å². The summed E-state index contributed by atoms with van der Waals surface area (Å²) in [6.07, 6.45) is 0.633. The van der Waals surface area contributed by atoms with E-state index in [-0.39, 0.29) is 47.8 Å². The van der Waals surface area contributed by atoms with Crippen LogP contribution in [0.4, 0.5) is 0 Å². The summed E-state index contributed by atoms with van der Waals surface area (Å²) in [5, 5.41) is 10.4. The average molecular weight is 414 g/mol. The number of hydrogen-bond acceptors (Lipinski definition) is 8. The highest BCUT2D eigenvalue weighted by molar-refractivity contribution is 5.79. The van der Waals surface area contributed by atoms with E-state index in [1.807, 2.05) is 6.07 Å². The van der Waals surface area contributed by atoms with E-state index in [4.69, 9.17) is 28.4 Å². The fraction of sp³-hybridized carbons (Fsp3) is 0.409. The topological polar surface area (TPSA) is 92.7 Å². The monoisotopic (exact) mass is 414 g/mol. The SMILES string of the molecule is COc1cc([C@@H]2c3cc4c(c(OC)c3C[C@H]3COC(=O)[C@@H]32)OCO4)cc(OC)c1O. The molecule has 2 aromatic carbocycles. The zero-order valence-electron chi connectivity index (χ0n) is 16.9. The number of phenolic OH excluding ortho intramolecular Hbond substituents is 1. The fourth-order valence-electron chi connectivity index (χ4n) is 4.89. The summed E-state index contributed by atoms with van der Waals surface area (Å²) in [6, 6.07) is 5.38. The number of methoxy groups -OCH3 is 3. The molecule has 5 rings (SSSR count). The molecule has 3 aliphatic rings. The van der Waals surface area contributed by atoms with Gasteiger partial charge in [0.15, 0.2) is 23.0 Å². The Balaban J connectivity index is 1.76. The lowest BCUT2D eigenvalue weighted by atomic mass is 9.67. The Bertz CT molecular complexity index is 1010. The number of cyclic esters (lactones) is 1. The number of esters is 1. The summed E-state index contributed by atoms with van der Waals surface area (Å²) in [4.78, 5) is 12.7. The molecule has 0 radical (unpaired) electrons. The highest BCUT2D eigenvalue weighted by Crippen LogP contribution is 2.56. The Morgan fingerprint density at radius 3 is 2.40 bits per heavy atom. The van der Waals surface area contributed by atoms with E-state index >= 15 is 0 Å². The average Bonchev–Trinajstić information content (AvgIpc) is 3.37. The van der Waals surface area contributed by atoms with E-state index in [1.54, 1.807) is 19.2 Å². The van der Waals surface area contributed by atoms with Crippen molar-refractivity contribution in [3.05, 3.63) is 34.9 Å². The number of fused-ring (bicyclic) bond motifs is 3. The van der Waals surface area contributed by atoms with Crippen molar-refractivity contribution in [2.75, 3.05) is 34.7 Å². The van der Waals surface area contributed by atoms with Crippen LogP contribution < -0.4 is 23.7 Å². The lowest BCUT2D eigenvalue weighted by Crippen LogP contribution is -2.32. The van der Waals surface area contributed by atoms with Gasteiger partial charge in [0.2, 0.25) is 18.3 Å². The third-order valence-electron chi connectivity index (χ3n) is 6.20. The molecule has 1 N–H and O–H groups in total. The minimum absolute atomic E-state index is 0.00457. The molecule has 0 bridgehead atoms. The molecule has 2 aromatic rings. The molecule has 0 amide bonds. The normalized spacial score (nSPS) is 23.4. The van der Waals surface area contributed by atoms with E-state index in [0.717, 1.165) is 16.7 Å². The van der Waals surface area contributed by atoms with Crippen molar-refractivity contribution in [2.45, 2.75) is 12.3 Å². The van der Waals surface area contributed by atoms with E-state index in [0.29, 0.717) is 30.3 Å². The van der Waals surface area contributed by atoms with E-state index < -0.39 is 0 Å². The zero-order valence-corrected chi connectivity index (χ0v) is 16.9. The van der Waals surface area contributed by atoms with Gasteiger partial charge in [-0.3, -0.25) is 4.79 Å². The summed E-state index contributed by atoms with van der Waals surface area (Å²) < 4.78 is 33.1. The van der Waals surface area contributed by atoms with E-state index in [9.17, 15) is 9.90 Å². The summed E-state index contributed by atoms with van der Waals surface area (Å²) in [5.41, 5.74) is 2.65. The molecule has 1 aliphatic carbocycles. The first-order chi connectivity index (χ1) is 14.6. The van der Waals surface area contributed by atoms with Gasteiger partial charge in [-0.1, -0.05) is 0 Å². The predicted molar refractivity (Wildman–Crippen MR) is 104 cm³/mol. The summed E-state index contributed by atoms with van der Waals surface area (Å²) in [7, 11) is 4.54. The first-order valence-corrected chi connectivity index (χ1v) is 9.68. The van der Waals surface area contributed by atoms with Gasteiger partial charge in [-0.2, -0.15) is 0 Å². The molecule has 8 nitrogen and oxygen atoms in total. The van der Waals surface area contributed by atoms with Crippen molar-refractivity contribution in [3.63, 3.8) is 0 Å². The number of hydrogen-bond donors (Lipinski definition) is 1. The van der Waals surface area contributed by atoms with Crippen molar-refractivity contribution >= 4 is 5.97 Å². The van der Waals surface area contributed by atoms with Crippen LogP contribution in [-0.4, -0.2) is 45.8 Å². The minimum Gasteiger partial charge on any atom is -0.502 e. The Kier molecular flexibility index (Phi) is 4.30. The van der Waals surface area contributed by atoms with Gasteiger partial charge >= 0.3 is 5.97 Å². The lowest BCUT2D eigenvalue weighted by molar-refractivity contribution is -0.141. The van der Waals surface area contributed by atoms with Crippen molar-refractivity contribution in [1.29, 1.82) is 0 Å². The van der Waals surface area contributed by atoms with Gasteiger partial charge in [-0.05, 0) is 35.7 Å². The van der Waals surface area contributed by atoms with Crippen LogP contribution >= 0.6 is 0 Å². The van der Waals surface area contributed by atoms with E-state index in [1.165, 1.54) is 14.2 Å². The molecule has 30 heavy (non-hydrogen) atoms. The highest BCUT2D eigenvalue weighted by Gasteiger charge is 2.49. The number of carbonyl (C=O) groups excluding carboxylic acids is 1. The van der Waals surface area contributed by atoms with Gasteiger partial charge in [0.1, 0.15) is 0 Å². The molecule has 1 fully saturated rings. The van der Waals surface area contributed by atoms with Gasteiger partial charge in [0.25, 0.3) is 0 Å². The van der Waals surface area contributed by atoms with E-state index in [2.05, 4.69) is 0 Å². The first-order valence-electron chi connectivity index (χ1n) is 9.68. The Labute approximate surface area is 173 Å². The third-order valence-corrected chi connectivity index (χ3v) is 6.20. The molecule has 1 saturated heterocycles. The largest absolute Gasteiger partial charge is 0.502 e. The molecule has 2 aliphatic heterocycles. The zero-order chi connectivity index (χ0) is 21.0. The number of carbonyl (C=O) groups is 1. The van der Waals surface area contributed by atoms with Gasteiger partial charge in [-0.15, -0.1) is 0 Å². The van der Waals surface area contributed by atoms with Crippen molar-refractivity contribution in [2.24, 2.45) is 11.8 Å². The van der Waals surface area contributed by atoms with Crippen LogP contribution in [0.5, 0.6) is 34.5 Å². The quantitative estimate of drug-likeness (QED) is 0.764. The molecule has 0 spiro atoms. The molecule has 8 heteroatoms. The molecule has 3 atom stereocenters. The molecule has 0 unspecified atom stereocenters. The Morgan fingerprint density at radius 2 is 1.73 bits per heavy atom. The summed E-state index contributed by atoms with van der Waals surface area (Å²) in [5.74, 6) is 1.28. The van der Waals surface area contributed by atoms with Gasteiger partial charge in [0, 0.05) is 17.4 Å². The molecule has 0 aromatic heterocycles. The second-order valence-corrected chi connectivity index (χ2v) is 7.58. The van der Waals surface area contributed by atoms with Crippen LogP contribution in [0.3, 0.4) is 0 Å². The summed E-state index contributed by atoms with van der Waals surface area (Å²) >= 11 is 0. The molecule has 0 saturated carbocycles. The highest BCUT2D eigenvalue weighted by atomic mass is 16.7. The molecule has 2 heterocycles. The van der Waals surface area contributed by atoms with Gasteiger partial charge < -0.3 is 33.5 Å². The molecular weight excluding hydrogens is 392 g/mol. The number of phenols is 1. The molecule has 158 valence electrons. The summed E-state index contributed by atoms with van der Waals surface area (Å²) in [6.45, 7) is 0.471. The Hall–Kier alpha value is -3.29. The first kappa shape index (κ1) is 18.7.